The van der Waals surface area contributed by atoms with Gasteiger partial charge in [0.2, 0.25) is 0 Å². The third-order valence-electron chi connectivity index (χ3n) is 3.77. The van der Waals surface area contributed by atoms with Crippen molar-refractivity contribution in [3.63, 3.8) is 0 Å². The van der Waals surface area contributed by atoms with Crippen molar-refractivity contribution >= 4 is 20.9 Å². The second-order valence-corrected chi connectivity index (χ2v) is 7.05. The molecule has 0 saturated carbocycles. The van der Waals surface area contributed by atoms with Crippen molar-refractivity contribution in [2.24, 2.45) is 0 Å². The molecule has 3 rings (SSSR count). The fraction of sp³-hybridized carbons (Fsp3) is 0.150. The van der Waals surface area contributed by atoms with Crippen molar-refractivity contribution in [1.82, 2.24) is 0 Å². The zero-order chi connectivity index (χ0) is 19.2. The summed E-state index contributed by atoms with van der Waals surface area (Å²) in [5.41, 5.74) is 2.01. The molecule has 0 radical (unpaired) electrons. The Balaban J connectivity index is 0.000000197. The number of rotatable bonds is 3. The first kappa shape index (κ1) is 19.4. The van der Waals surface area contributed by atoms with Crippen LogP contribution in [-0.2, 0) is 16.5 Å². The van der Waals surface area contributed by atoms with E-state index in [0.717, 1.165) is 27.6 Å². The molecular weight excluding hydrogens is 350 g/mol. The van der Waals surface area contributed by atoms with Crippen LogP contribution in [0.4, 0.5) is 0 Å². The van der Waals surface area contributed by atoms with Crippen LogP contribution in [0.25, 0.3) is 10.8 Å². The summed E-state index contributed by atoms with van der Waals surface area (Å²) in [5, 5.41) is 11.0. The molecule has 1 N–H and O–H groups in total. The van der Waals surface area contributed by atoms with Gasteiger partial charge < -0.3 is 4.74 Å². The molecule has 3 aromatic rings. The van der Waals surface area contributed by atoms with Crippen molar-refractivity contribution < 1.29 is 17.7 Å². The zero-order valence-corrected chi connectivity index (χ0v) is 15.3. The number of aryl methyl sites for hydroxylation is 1. The van der Waals surface area contributed by atoms with Crippen LogP contribution in [0.15, 0.2) is 65.6 Å². The largest absolute Gasteiger partial charge is 0.497 e. The van der Waals surface area contributed by atoms with Crippen LogP contribution in [0.1, 0.15) is 11.1 Å². The topological polar surface area (TPSA) is 87.4 Å². The number of hydrogen-bond donors (Lipinski definition) is 1. The van der Waals surface area contributed by atoms with Crippen LogP contribution in [0, 0.1) is 18.3 Å². The van der Waals surface area contributed by atoms with E-state index in [-0.39, 0.29) is 4.90 Å². The van der Waals surface area contributed by atoms with Crippen LogP contribution in [0.3, 0.4) is 0 Å². The first-order valence-corrected chi connectivity index (χ1v) is 9.26. The normalized spacial score (nSPS) is 10.5. The Morgan fingerprint density at radius 2 is 1.77 bits per heavy atom. The summed E-state index contributed by atoms with van der Waals surface area (Å²) < 4.78 is 34.7. The standard InChI is InChI=1S/C13H11NO.C7H8O3S/c1-15-12-6-5-10-3-2-4-11(7-8-14)13(10)9-12;1-6-2-4-7(5-3-6)11(8,9)10/h2-6,9H,7H2,1H3;2-5H,1H3,(H,8,9,10). The number of hydrogen-bond acceptors (Lipinski definition) is 4. The predicted molar refractivity (Wildman–Crippen MR) is 101 cm³/mol. The maximum absolute atomic E-state index is 10.5. The summed E-state index contributed by atoms with van der Waals surface area (Å²) in [6.45, 7) is 1.84. The van der Waals surface area contributed by atoms with Gasteiger partial charge in [-0.25, -0.2) is 0 Å². The van der Waals surface area contributed by atoms with Gasteiger partial charge in [0.05, 0.1) is 24.5 Å². The molecule has 6 heteroatoms. The third kappa shape index (κ3) is 5.06. The van der Waals surface area contributed by atoms with Crippen LogP contribution in [0.2, 0.25) is 0 Å². The van der Waals surface area contributed by atoms with Crippen LogP contribution < -0.4 is 4.74 Å². The number of methoxy groups -OCH3 is 1. The van der Waals surface area contributed by atoms with Crippen molar-refractivity contribution in [3.05, 3.63) is 71.8 Å². The highest BCUT2D eigenvalue weighted by molar-refractivity contribution is 7.85. The number of benzene rings is 3. The summed E-state index contributed by atoms with van der Waals surface area (Å²) in [6, 6.07) is 20.1. The Morgan fingerprint density at radius 3 is 2.35 bits per heavy atom. The Kier molecular flexibility index (Phi) is 6.34. The molecule has 0 aromatic heterocycles. The van der Waals surface area contributed by atoms with Gasteiger partial charge in [0.25, 0.3) is 10.1 Å². The summed E-state index contributed by atoms with van der Waals surface area (Å²) in [7, 11) is -2.37. The lowest BCUT2D eigenvalue weighted by Gasteiger charge is -2.05. The maximum atomic E-state index is 10.5. The first-order chi connectivity index (χ1) is 12.3. The molecule has 134 valence electrons. The Labute approximate surface area is 153 Å². The lowest BCUT2D eigenvalue weighted by molar-refractivity contribution is 0.415. The lowest BCUT2D eigenvalue weighted by Crippen LogP contribution is -1.96. The Bertz CT molecular complexity index is 1040. The number of nitriles is 1. The number of fused-ring (bicyclic) bond motifs is 1. The fourth-order valence-corrected chi connectivity index (χ4v) is 2.87. The summed E-state index contributed by atoms with van der Waals surface area (Å²) in [5.74, 6) is 0.827. The number of nitrogens with zero attached hydrogens (tertiary/aromatic N) is 1. The van der Waals surface area contributed by atoms with Gasteiger partial charge in [-0.3, -0.25) is 4.55 Å². The van der Waals surface area contributed by atoms with E-state index in [0.29, 0.717) is 6.42 Å². The van der Waals surface area contributed by atoms with E-state index in [1.54, 1.807) is 19.2 Å². The smallest absolute Gasteiger partial charge is 0.294 e. The van der Waals surface area contributed by atoms with E-state index in [2.05, 4.69) is 6.07 Å². The highest BCUT2D eigenvalue weighted by Gasteiger charge is 2.06. The van der Waals surface area contributed by atoms with Gasteiger partial charge >= 0.3 is 0 Å². The van der Waals surface area contributed by atoms with Gasteiger partial charge in [-0.05, 0) is 47.5 Å². The highest BCUT2D eigenvalue weighted by atomic mass is 32.2. The van der Waals surface area contributed by atoms with Crippen molar-refractivity contribution in [3.8, 4) is 11.8 Å². The molecule has 0 unspecified atom stereocenters. The minimum atomic E-state index is -4.02. The molecule has 0 atom stereocenters. The van der Waals surface area contributed by atoms with Gasteiger partial charge in [-0.1, -0.05) is 42.0 Å². The fourth-order valence-electron chi connectivity index (χ4n) is 2.39. The molecule has 0 bridgehead atoms. The molecule has 0 spiro atoms. The average Bonchev–Trinajstić information content (AvgIpc) is 2.62. The second-order valence-electron chi connectivity index (χ2n) is 5.63. The molecule has 0 amide bonds. The molecule has 26 heavy (non-hydrogen) atoms. The van der Waals surface area contributed by atoms with Crippen molar-refractivity contribution in [1.29, 1.82) is 5.26 Å². The minimum Gasteiger partial charge on any atom is -0.497 e. The Hall–Kier alpha value is -2.88. The van der Waals surface area contributed by atoms with E-state index >= 15 is 0 Å². The molecule has 0 aliphatic heterocycles. The van der Waals surface area contributed by atoms with Crippen molar-refractivity contribution in [2.45, 2.75) is 18.2 Å². The van der Waals surface area contributed by atoms with Gasteiger partial charge in [0.15, 0.2) is 0 Å². The van der Waals surface area contributed by atoms with Gasteiger partial charge in [-0.15, -0.1) is 0 Å². The van der Waals surface area contributed by atoms with Gasteiger partial charge in [0.1, 0.15) is 5.75 Å². The number of ether oxygens (including phenoxy) is 1. The predicted octanol–water partition coefficient (Wildman–Crippen LogP) is 4.16. The molecule has 0 aliphatic carbocycles. The highest BCUT2D eigenvalue weighted by Crippen LogP contribution is 2.24. The molecule has 0 saturated heterocycles. The first-order valence-electron chi connectivity index (χ1n) is 7.82. The van der Waals surface area contributed by atoms with Crippen molar-refractivity contribution in [2.75, 3.05) is 7.11 Å². The lowest BCUT2D eigenvalue weighted by atomic mass is 10.0. The molecule has 5 nitrogen and oxygen atoms in total. The zero-order valence-electron chi connectivity index (χ0n) is 14.5. The van der Waals surface area contributed by atoms with E-state index in [1.165, 1.54) is 12.1 Å². The average molecular weight is 369 g/mol. The second kappa shape index (κ2) is 8.48. The van der Waals surface area contributed by atoms with Crippen LogP contribution in [0.5, 0.6) is 5.75 Å². The maximum Gasteiger partial charge on any atom is 0.294 e. The summed E-state index contributed by atoms with van der Waals surface area (Å²) >= 11 is 0. The SMILES string of the molecule is COc1ccc2cccc(CC#N)c2c1.Cc1ccc(S(=O)(=O)O)cc1. The van der Waals surface area contributed by atoms with E-state index in [4.69, 9.17) is 14.6 Å². The Morgan fingerprint density at radius 1 is 1.08 bits per heavy atom. The van der Waals surface area contributed by atoms with Gasteiger partial charge in [0, 0.05) is 0 Å². The molecule has 0 heterocycles. The minimum absolute atomic E-state index is 0.0666. The van der Waals surface area contributed by atoms with E-state index in [1.807, 2.05) is 43.3 Å². The van der Waals surface area contributed by atoms with Crippen LogP contribution >= 0.6 is 0 Å². The molecular formula is C20H19NO4S. The van der Waals surface area contributed by atoms with Crippen LogP contribution in [-0.4, -0.2) is 20.1 Å². The summed E-state index contributed by atoms with van der Waals surface area (Å²) in [4.78, 5) is -0.0666. The third-order valence-corrected chi connectivity index (χ3v) is 4.64. The quantitative estimate of drug-likeness (QED) is 0.701. The monoisotopic (exact) mass is 369 g/mol. The van der Waals surface area contributed by atoms with E-state index < -0.39 is 10.1 Å². The van der Waals surface area contributed by atoms with Gasteiger partial charge in [-0.2, -0.15) is 13.7 Å². The molecule has 3 aromatic carbocycles. The van der Waals surface area contributed by atoms with E-state index in [9.17, 15) is 8.42 Å². The molecule has 0 aliphatic rings. The molecule has 0 fully saturated rings. The summed E-state index contributed by atoms with van der Waals surface area (Å²) in [6.07, 6.45) is 0.435.